The van der Waals surface area contributed by atoms with E-state index in [9.17, 15) is 4.79 Å². The first-order valence-electron chi connectivity index (χ1n) is 16.6. The highest BCUT2D eigenvalue weighted by molar-refractivity contribution is 5.68. The summed E-state index contributed by atoms with van der Waals surface area (Å²) in [5, 5.41) is 0. The summed E-state index contributed by atoms with van der Waals surface area (Å²) in [6, 6.07) is 5.92. The highest BCUT2D eigenvalue weighted by atomic mass is 16.5. The van der Waals surface area contributed by atoms with Crippen LogP contribution in [0.1, 0.15) is 113 Å². The zero-order chi connectivity index (χ0) is 28.7. The van der Waals surface area contributed by atoms with E-state index >= 15 is 0 Å². The molecule has 1 aromatic heterocycles. The van der Waals surface area contributed by atoms with E-state index < -0.39 is 0 Å². The van der Waals surface area contributed by atoms with Gasteiger partial charge in [-0.3, -0.25) is 0 Å². The minimum atomic E-state index is -0.0968. The van der Waals surface area contributed by atoms with Crippen molar-refractivity contribution in [2.75, 3.05) is 0 Å². The van der Waals surface area contributed by atoms with Gasteiger partial charge in [0.2, 0.25) is 6.54 Å². The Balaban J connectivity index is 1.25. The first kappa shape index (κ1) is 28.5. The molecule has 40 heavy (non-hydrogen) atoms. The van der Waals surface area contributed by atoms with Gasteiger partial charge in [-0.25, -0.2) is 4.79 Å². The Kier molecular flexibility index (Phi) is 6.72. The second-order valence-electron chi connectivity index (χ2n) is 16.7. The third kappa shape index (κ3) is 3.94. The van der Waals surface area contributed by atoms with Crippen molar-refractivity contribution in [1.82, 2.24) is 0 Å². The molecule has 3 heteroatoms. The van der Waals surface area contributed by atoms with Crippen LogP contribution in [0.5, 0.6) is 0 Å². The first-order chi connectivity index (χ1) is 18.8. The van der Waals surface area contributed by atoms with Crippen molar-refractivity contribution in [3.8, 4) is 0 Å². The molecule has 1 aromatic rings. The highest BCUT2D eigenvalue weighted by Crippen LogP contribution is 2.77. The normalized spacial score (nSPS) is 47.3. The van der Waals surface area contributed by atoms with Gasteiger partial charge in [-0.05, 0) is 122 Å². The van der Waals surface area contributed by atoms with Gasteiger partial charge in [0.1, 0.15) is 6.10 Å². The molecule has 0 N–H and O–H groups in total. The van der Waals surface area contributed by atoms with Crippen molar-refractivity contribution >= 4 is 5.97 Å². The number of aromatic nitrogens is 1. The quantitative estimate of drug-likeness (QED) is 0.215. The second kappa shape index (κ2) is 9.43. The van der Waals surface area contributed by atoms with Gasteiger partial charge in [0.05, 0.1) is 0 Å². The number of hydrogen-bond acceptors (Lipinski definition) is 2. The number of pyridine rings is 1. The average Bonchev–Trinajstić information content (AvgIpc) is 3.25. The van der Waals surface area contributed by atoms with Crippen molar-refractivity contribution in [3.05, 3.63) is 42.7 Å². The van der Waals surface area contributed by atoms with E-state index in [1.165, 1.54) is 63.4 Å². The Morgan fingerprint density at radius 3 is 2.25 bits per heavy atom. The molecule has 2 unspecified atom stereocenters. The molecule has 0 radical (unpaired) electrons. The molecule has 5 aliphatic rings. The molecule has 220 valence electrons. The van der Waals surface area contributed by atoms with Crippen molar-refractivity contribution in [2.45, 2.75) is 125 Å². The maximum absolute atomic E-state index is 13.0. The lowest BCUT2D eigenvalue weighted by Crippen LogP contribution is -2.66. The molecule has 6 rings (SSSR count). The molecule has 3 nitrogen and oxygen atoms in total. The lowest BCUT2D eigenvalue weighted by atomic mass is 9.32. The lowest BCUT2D eigenvalue weighted by Gasteiger charge is -2.73. The van der Waals surface area contributed by atoms with Crippen molar-refractivity contribution in [1.29, 1.82) is 0 Å². The molecule has 0 aromatic carbocycles. The standard InChI is InChI=1S/C37H56NO2/c1-25(2)26-14-17-34(5)20-21-36(7)27(32(26)34)12-13-29-35(6)18-16-30(33(3,4)28(35)15-19-37(29,36)8)40-31(39)24-38-22-10-9-11-23-38/h9-11,22-23,26-30,32H,1,12-21,24H2,2-8H3/q+1/t26-,27+,28-,29?,30?,32+,34+,35-,36+,37+/m0/s1. The first-order valence-corrected chi connectivity index (χ1v) is 16.6. The zero-order valence-electron chi connectivity index (χ0n) is 26.6. The molecular weight excluding hydrogens is 490 g/mol. The highest BCUT2D eigenvalue weighted by Gasteiger charge is 2.70. The van der Waals surface area contributed by atoms with Gasteiger partial charge in [0, 0.05) is 17.5 Å². The lowest BCUT2D eigenvalue weighted by molar-refractivity contribution is -0.686. The summed E-state index contributed by atoms with van der Waals surface area (Å²) in [7, 11) is 0. The van der Waals surface area contributed by atoms with E-state index in [0.29, 0.717) is 34.1 Å². The van der Waals surface area contributed by atoms with Gasteiger partial charge in [0.15, 0.2) is 12.4 Å². The van der Waals surface area contributed by atoms with Crippen LogP contribution in [0.4, 0.5) is 0 Å². The molecule has 5 saturated carbocycles. The fraction of sp³-hybridized carbons (Fsp3) is 0.784. The molecule has 0 aliphatic heterocycles. The van der Waals surface area contributed by atoms with E-state index in [2.05, 4.69) is 55.0 Å². The summed E-state index contributed by atoms with van der Waals surface area (Å²) in [5.74, 6) is 3.63. The van der Waals surface area contributed by atoms with Crippen LogP contribution in [0.25, 0.3) is 0 Å². The Morgan fingerprint density at radius 1 is 0.825 bits per heavy atom. The van der Waals surface area contributed by atoms with E-state index in [4.69, 9.17) is 4.74 Å². The van der Waals surface area contributed by atoms with Crippen LogP contribution in [0.3, 0.4) is 0 Å². The minimum Gasteiger partial charge on any atom is -0.457 e. The van der Waals surface area contributed by atoms with Crippen molar-refractivity contribution in [2.24, 2.45) is 56.7 Å². The smallest absolute Gasteiger partial charge is 0.372 e. The van der Waals surface area contributed by atoms with Gasteiger partial charge in [-0.15, -0.1) is 0 Å². The van der Waals surface area contributed by atoms with Crippen LogP contribution in [-0.2, 0) is 16.1 Å². The van der Waals surface area contributed by atoms with Crippen LogP contribution in [0, 0.1) is 56.7 Å². The third-order valence-electron chi connectivity index (χ3n) is 14.8. The van der Waals surface area contributed by atoms with Crippen LogP contribution in [-0.4, -0.2) is 12.1 Å². The van der Waals surface area contributed by atoms with Gasteiger partial charge in [-0.1, -0.05) is 59.8 Å². The van der Waals surface area contributed by atoms with Crippen LogP contribution >= 0.6 is 0 Å². The van der Waals surface area contributed by atoms with Crippen LogP contribution in [0.2, 0.25) is 0 Å². The molecule has 5 aliphatic carbocycles. The number of hydrogen-bond donors (Lipinski definition) is 0. The van der Waals surface area contributed by atoms with E-state index in [1.54, 1.807) is 0 Å². The fourth-order valence-electron chi connectivity index (χ4n) is 12.6. The molecule has 0 spiro atoms. The van der Waals surface area contributed by atoms with Crippen LogP contribution < -0.4 is 4.57 Å². The molecule has 10 atom stereocenters. The molecular formula is C37H56NO2+. The molecule has 1 heterocycles. The van der Waals surface area contributed by atoms with Gasteiger partial charge in [-0.2, -0.15) is 4.57 Å². The minimum absolute atomic E-state index is 0.00358. The maximum Gasteiger partial charge on any atom is 0.372 e. The number of esters is 1. The Hall–Kier alpha value is -1.64. The summed E-state index contributed by atoms with van der Waals surface area (Å²) in [6.07, 6.45) is 17.0. The third-order valence-corrected chi connectivity index (χ3v) is 14.8. The SMILES string of the molecule is C=C(C)[C@@H]1CC[C@]2(C)CC[C@]3(C)[C@H](CCC4[C@@]5(C)CCC(OC(=O)C[n+]6ccccc6)C(C)(C)[C@@H]5CC[C@]43C)[C@@H]12. The maximum atomic E-state index is 13.0. The monoisotopic (exact) mass is 546 g/mol. The Morgan fingerprint density at radius 2 is 1.55 bits per heavy atom. The topological polar surface area (TPSA) is 30.2 Å². The zero-order valence-corrected chi connectivity index (χ0v) is 26.6. The molecule has 0 saturated heterocycles. The Labute approximate surface area is 244 Å². The second-order valence-corrected chi connectivity index (χ2v) is 16.7. The van der Waals surface area contributed by atoms with E-state index in [1.807, 2.05) is 35.2 Å². The van der Waals surface area contributed by atoms with Gasteiger partial charge >= 0.3 is 5.97 Å². The molecule has 5 fully saturated rings. The fourth-order valence-corrected chi connectivity index (χ4v) is 12.6. The van der Waals surface area contributed by atoms with Crippen LogP contribution in [0.15, 0.2) is 42.7 Å². The number of nitrogens with zero attached hydrogens (tertiary/aromatic N) is 1. The van der Waals surface area contributed by atoms with E-state index in [-0.39, 0.29) is 17.5 Å². The predicted molar refractivity (Wildman–Crippen MR) is 161 cm³/mol. The average molecular weight is 547 g/mol. The van der Waals surface area contributed by atoms with Crippen molar-refractivity contribution < 1.29 is 14.1 Å². The number of carbonyl (C=O) groups excluding carboxylic acids is 1. The van der Waals surface area contributed by atoms with Gasteiger partial charge in [0.25, 0.3) is 0 Å². The number of allylic oxidation sites excluding steroid dienone is 1. The summed E-state index contributed by atoms with van der Waals surface area (Å²) < 4.78 is 8.22. The summed E-state index contributed by atoms with van der Waals surface area (Å²) >= 11 is 0. The Bertz CT molecular complexity index is 1160. The van der Waals surface area contributed by atoms with Gasteiger partial charge < -0.3 is 4.74 Å². The summed E-state index contributed by atoms with van der Waals surface area (Å²) in [5.41, 5.74) is 3.05. The number of rotatable bonds is 4. The summed E-state index contributed by atoms with van der Waals surface area (Å²) in [6.45, 7) is 22.7. The largest absolute Gasteiger partial charge is 0.457 e. The number of ether oxygens (including phenoxy) is 1. The predicted octanol–water partition coefficient (Wildman–Crippen LogP) is 8.56. The summed E-state index contributed by atoms with van der Waals surface area (Å²) in [4.78, 5) is 13.0. The van der Waals surface area contributed by atoms with Crippen molar-refractivity contribution in [3.63, 3.8) is 0 Å². The van der Waals surface area contributed by atoms with E-state index in [0.717, 1.165) is 30.1 Å². The number of fused-ring (bicyclic) bond motifs is 7. The number of carbonyl (C=O) groups is 1. The molecule has 0 amide bonds. The molecule has 0 bridgehead atoms.